The van der Waals surface area contributed by atoms with E-state index in [4.69, 9.17) is 5.73 Å². The van der Waals surface area contributed by atoms with Crippen LogP contribution in [0, 0.1) is 0 Å². The molecule has 0 radical (unpaired) electrons. The molecule has 98 valence electrons. The number of aromatic nitrogens is 3. The van der Waals surface area contributed by atoms with Crippen molar-refractivity contribution in [3.63, 3.8) is 0 Å². The van der Waals surface area contributed by atoms with Crippen molar-refractivity contribution in [2.75, 3.05) is 0 Å². The summed E-state index contributed by atoms with van der Waals surface area (Å²) in [6.45, 7) is 6.47. The van der Waals surface area contributed by atoms with Crippen LogP contribution in [0.3, 0.4) is 0 Å². The van der Waals surface area contributed by atoms with E-state index in [1.807, 2.05) is 18.3 Å². The Hall–Kier alpha value is -1.42. The first-order chi connectivity index (χ1) is 8.65. The lowest BCUT2D eigenvalue weighted by atomic mass is 10.1. The van der Waals surface area contributed by atoms with Gasteiger partial charge >= 0.3 is 0 Å². The molecule has 0 spiro atoms. The zero-order valence-electron chi connectivity index (χ0n) is 11.4. The highest BCUT2D eigenvalue weighted by molar-refractivity contribution is 5.71. The van der Waals surface area contributed by atoms with Crippen molar-refractivity contribution in [1.82, 2.24) is 14.5 Å². The number of unbranched alkanes of at least 4 members (excludes halogenated alkanes) is 1. The van der Waals surface area contributed by atoms with Gasteiger partial charge in [-0.1, -0.05) is 19.8 Å². The fraction of sp³-hybridized carbons (Fsp3) is 0.571. The summed E-state index contributed by atoms with van der Waals surface area (Å²) in [5.74, 6) is 0.965. The van der Waals surface area contributed by atoms with Crippen molar-refractivity contribution < 1.29 is 0 Å². The Labute approximate surface area is 108 Å². The fourth-order valence-electron chi connectivity index (χ4n) is 2.27. The van der Waals surface area contributed by atoms with Crippen LogP contribution in [0.2, 0.25) is 0 Å². The average molecular weight is 246 g/mol. The summed E-state index contributed by atoms with van der Waals surface area (Å²) in [5.41, 5.74) is 8.15. The normalized spacial score (nSPS) is 13.4. The molecule has 2 rings (SSSR count). The van der Waals surface area contributed by atoms with Crippen molar-refractivity contribution in [1.29, 1.82) is 0 Å². The van der Waals surface area contributed by atoms with Gasteiger partial charge in [-0.15, -0.1) is 0 Å². The van der Waals surface area contributed by atoms with Gasteiger partial charge in [0.1, 0.15) is 11.3 Å². The lowest BCUT2D eigenvalue weighted by molar-refractivity contribution is 0.508. The molecular formula is C14H22N4. The highest BCUT2D eigenvalue weighted by atomic mass is 15.2. The number of hydrogen-bond acceptors (Lipinski definition) is 3. The molecule has 2 N–H and O–H groups in total. The molecule has 0 saturated carbocycles. The van der Waals surface area contributed by atoms with Gasteiger partial charge < -0.3 is 10.3 Å². The molecule has 0 saturated heterocycles. The molecule has 4 heteroatoms. The van der Waals surface area contributed by atoms with Gasteiger partial charge in [0.25, 0.3) is 0 Å². The maximum absolute atomic E-state index is 6.27. The second-order valence-electron chi connectivity index (χ2n) is 5.03. The first-order valence-electron chi connectivity index (χ1n) is 6.73. The van der Waals surface area contributed by atoms with Gasteiger partial charge in [-0.3, -0.25) is 0 Å². The van der Waals surface area contributed by atoms with E-state index < -0.39 is 0 Å². The number of rotatable bonds is 5. The zero-order valence-corrected chi connectivity index (χ0v) is 11.4. The van der Waals surface area contributed by atoms with E-state index in [2.05, 4.69) is 35.3 Å². The van der Waals surface area contributed by atoms with E-state index in [-0.39, 0.29) is 6.04 Å². The molecule has 0 fully saturated rings. The number of imidazole rings is 1. The Bertz CT molecular complexity index is 515. The third-order valence-electron chi connectivity index (χ3n) is 3.19. The maximum Gasteiger partial charge on any atom is 0.160 e. The van der Waals surface area contributed by atoms with Crippen LogP contribution in [0.1, 0.15) is 57.9 Å². The van der Waals surface area contributed by atoms with Crippen LogP contribution in [-0.2, 0) is 0 Å². The monoisotopic (exact) mass is 246 g/mol. The second-order valence-corrected chi connectivity index (χ2v) is 5.03. The lowest BCUT2D eigenvalue weighted by Gasteiger charge is -2.16. The first-order valence-corrected chi connectivity index (χ1v) is 6.73. The summed E-state index contributed by atoms with van der Waals surface area (Å²) < 4.78 is 2.16. The van der Waals surface area contributed by atoms with E-state index in [1.54, 1.807) is 0 Å². The molecule has 1 atom stereocenters. The summed E-state index contributed by atoms with van der Waals surface area (Å²) in [5, 5.41) is 0. The van der Waals surface area contributed by atoms with Crippen LogP contribution in [-0.4, -0.2) is 14.5 Å². The number of pyridine rings is 1. The highest BCUT2D eigenvalue weighted by Gasteiger charge is 2.18. The zero-order chi connectivity index (χ0) is 13.1. The number of nitrogens with zero attached hydrogens (tertiary/aromatic N) is 3. The van der Waals surface area contributed by atoms with Crippen LogP contribution >= 0.6 is 0 Å². The quantitative estimate of drug-likeness (QED) is 0.881. The van der Waals surface area contributed by atoms with Crippen LogP contribution in [0.15, 0.2) is 18.3 Å². The molecule has 0 aliphatic carbocycles. The van der Waals surface area contributed by atoms with E-state index >= 15 is 0 Å². The SMILES string of the molecule is CCCCC(N)c1nc2cccnc2n1C(C)C. The summed E-state index contributed by atoms with van der Waals surface area (Å²) in [4.78, 5) is 9.09. The Morgan fingerprint density at radius 1 is 1.39 bits per heavy atom. The predicted octanol–water partition coefficient (Wildman–Crippen LogP) is 3.20. The van der Waals surface area contributed by atoms with Crippen molar-refractivity contribution in [2.45, 2.75) is 52.1 Å². The van der Waals surface area contributed by atoms with Crippen LogP contribution < -0.4 is 5.73 Å². The van der Waals surface area contributed by atoms with E-state index in [0.717, 1.165) is 36.3 Å². The smallest absolute Gasteiger partial charge is 0.160 e. The highest BCUT2D eigenvalue weighted by Crippen LogP contribution is 2.24. The fourth-order valence-corrected chi connectivity index (χ4v) is 2.27. The number of hydrogen-bond donors (Lipinski definition) is 1. The third kappa shape index (κ3) is 2.38. The van der Waals surface area contributed by atoms with Crippen LogP contribution in [0.4, 0.5) is 0 Å². The van der Waals surface area contributed by atoms with Crippen LogP contribution in [0.5, 0.6) is 0 Å². The molecular weight excluding hydrogens is 224 g/mol. The molecule has 18 heavy (non-hydrogen) atoms. The molecule has 4 nitrogen and oxygen atoms in total. The molecule has 0 aromatic carbocycles. The van der Waals surface area contributed by atoms with Crippen molar-refractivity contribution in [3.05, 3.63) is 24.2 Å². The van der Waals surface area contributed by atoms with Gasteiger partial charge in [-0.05, 0) is 32.4 Å². The molecule has 2 aromatic rings. The molecule has 0 bridgehead atoms. The van der Waals surface area contributed by atoms with Crippen molar-refractivity contribution in [2.24, 2.45) is 5.73 Å². The largest absolute Gasteiger partial charge is 0.321 e. The first kappa shape index (κ1) is 13.0. The summed E-state index contributed by atoms with van der Waals surface area (Å²) >= 11 is 0. The minimum atomic E-state index is 0.00144. The van der Waals surface area contributed by atoms with Gasteiger partial charge in [0, 0.05) is 12.2 Å². The maximum atomic E-state index is 6.27. The Morgan fingerprint density at radius 3 is 2.83 bits per heavy atom. The van der Waals surface area contributed by atoms with E-state index in [9.17, 15) is 0 Å². The van der Waals surface area contributed by atoms with Crippen molar-refractivity contribution >= 4 is 11.2 Å². The summed E-state index contributed by atoms with van der Waals surface area (Å²) in [6.07, 6.45) is 5.08. The van der Waals surface area contributed by atoms with E-state index in [1.165, 1.54) is 0 Å². The minimum Gasteiger partial charge on any atom is -0.321 e. The van der Waals surface area contributed by atoms with Gasteiger partial charge in [0.05, 0.1) is 6.04 Å². The topological polar surface area (TPSA) is 56.7 Å². The number of nitrogens with two attached hydrogens (primary N) is 1. The van der Waals surface area contributed by atoms with Crippen molar-refractivity contribution in [3.8, 4) is 0 Å². The Kier molecular flexibility index (Phi) is 3.97. The molecule has 0 aliphatic rings. The standard InChI is InChI=1S/C14H22N4/c1-4-5-7-11(15)13-17-12-8-6-9-16-14(12)18(13)10(2)3/h6,8-11H,4-5,7,15H2,1-3H3. The number of fused-ring (bicyclic) bond motifs is 1. The Morgan fingerprint density at radius 2 is 2.17 bits per heavy atom. The Balaban J connectivity index is 2.45. The molecule has 0 aliphatic heterocycles. The molecule has 1 unspecified atom stereocenters. The minimum absolute atomic E-state index is 0.00144. The van der Waals surface area contributed by atoms with Gasteiger partial charge in [0.15, 0.2) is 5.65 Å². The molecule has 0 amide bonds. The van der Waals surface area contributed by atoms with Gasteiger partial charge in [0.2, 0.25) is 0 Å². The van der Waals surface area contributed by atoms with E-state index in [0.29, 0.717) is 6.04 Å². The predicted molar refractivity (Wildman–Crippen MR) is 74.4 cm³/mol. The van der Waals surface area contributed by atoms with Gasteiger partial charge in [-0.2, -0.15) is 0 Å². The lowest BCUT2D eigenvalue weighted by Crippen LogP contribution is -2.18. The molecule has 2 heterocycles. The van der Waals surface area contributed by atoms with Crippen LogP contribution in [0.25, 0.3) is 11.2 Å². The second kappa shape index (κ2) is 5.48. The summed E-state index contributed by atoms with van der Waals surface area (Å²) in [6, 6.07) is 4.24. The van der Waals surface area contributed by atoms with Gasteiger partial charge in [-0.25, -0.2) is 9.97 Å². The third-order valence-corrected chi connectivity index (χ3v) is 3.19. The molecule has 2 aromatic heterocycles. The summed E-state index contributed by atoms with van der Waals surface area (Å²) in [7, 11) is 0. The average Bonchev–Trinajstić information content (AvgIpc) is 2.75.